The molecular formula is C29H31ClN6O3S. The van der Waals surface area contributed by atoms with Crippen molar-refractivity contribution in [3.05, 3.63) is 85.0 Å². The zero-order valence-electron chi connectivity index (χ0n) is 22.9. The summed E-state index contributed by atoms with van der Waals surface area (Å²) < 4.78 is 4.23. The van der Waals surface area contributed by atoms with Gasteiger partial charge in [0.25, 0.3) is 5.56 Å². The SMILES string of the molecule is Cc1ccc2c(c1)[C@H]1CN(C)CC[C@H]1N2C(=O)CSc1nc2c(c(=O)n(Cc3ccccc3Cl)c(=O)n2C)n1C. The summed E-state index contributed by atoms with van der Waals surface area (Å²) in [4.78, 5) is 49.3. The molecular weight excluding hydrogens is 548 g/mol. The van der Waals surface area contributed by atoms with Crippen LogP contribution >= 0.6 is 23.4 Å². The number of likely N-dealkylation sites (tertiary alicyclic amines) is 1. The Bertz CT molecular complexity index is 1780. The van der Waals surface area contributed by atoms with Gasteiger partial charge in [-0.25, -0.2) is 9.78 Å². The van der Waals surface area contributed by atoms with Gasteiger partial charge in [-0.3, -0.25) is 18.7 Å². The Morgan fingerprint density at radius 3 is 2.65 bits per heavy atom. The molecule has 0 aliphatic carbocycles. The highest BCUT2D eigenvalue weighted by Gasteiger charge is 2.43. The van der Waals surface area contributed by atoms with Crippen LogP contribution in [0.15, 0.2) is 57.2 Å². The third kappa shape index (κ3) is 4.38. The predicted molar refractivity (Wildman–Crippen MR) is 159 cm³/mol. The van der Waals surface area contributed by atoms with Crippen molar-refractivity contribution in [1.29, 1.82) is 0 Å². The number of amides is 1. The minimum atomic E-state index is -0.472. The average Bonchev–Trinajstić information content (AvgIpc) is 3.43. The van der Waals surface area contributed by atoms with Crippen LogP contribution in [0.2, 0.25) is 5.02 Å². The molecule has 1 saturated heterocycles. The Hall–Kier alpha value is -3.34. The third-order valence-electron chi connectivity index (χ3n) is 8.15. The van der Waals surface area contributed by atoms with Crippen LogP contribution < -0.4 is 16.1 Å². The summed E-state index contributed by atoms with van der Waals surface area (Å²) in [6.45, 7) is 4.02. The maximum atomic E-state index is 13.7. The molecule has 40 heavy (non-hydrogen) atoms. The smallest absolute Gasteiger partial charge is 0.316 e. The number of imidazole rings is 1. The number of piperidine rings is 1. The van der Waals surface area contributed by atoms with Crippen LogP contribution in [0.3, 0.4) is 0 Å². The van der Waals surface area contributed by atoms with E-state index in [1.54, 1.807) is 36.9 Å². The van der Waals surface area contributed by atoms with Gasteiger partial charge in [-0.15, -0.1) is 0 Å². The van der Waals surface area contributed by atoms with Crippen LogP contribution in [0.4, 0.5) is 5.69 Å². The minimum Gasteiger partial charge on any atom is -0.316 e. The lowest BCUT2D eigenvalue weighted by Gasteiger charge is -2.36. The third-order valence-corrected chi connectivity index (χ3v) is 9.54. The van der Waals surface area contributed by atoms with Crippen molar-refractivity contribution < 1.29 is 4.79 Å². The van der Waals surface area contributed by atoms with E-state index >= 15 is 0 Å². The summed E-state index contributed by atoms with van der Waals surface area (Å²) in [5.41, 5.74) is 3.80. The summed E-state index contributed by atoms with van der Waals surface area (Å²) in [7, 11) is 5.48. The fourth-order valence-corrected chi connectivity index (χ4v) is 7.11. The van der Waals surface area contributed by atoms with Crippen LogP contribution in [0.25, 0.3) is 11.2 Å². The first-order valence-electron chi connectivity index (χ1n) is 13.3. The van der Waals surface area contributed by atoms with Crippen molar-refractivity contribution in [1.82, 2.24) is 23.6 Å². The van der Waals surface area contributed by atoms with Crippen LogP contribution in [0.5, 0.6) is 0 Å². The topological polar surface area (TPSA) is 85.4 Å². The Balaban J connectivity index is 1.30. The molecule has 208 valence electrons. The van der Waals surface area contributed by atoms with E-state index in [0.717, 1.165) is 25.2 Å². The van der Waals surface area contributed by atoms with Gasteiger partial charge in [0.2, 0.25) is 5.91 Å². The number of hydrogen-bond donors (Lipinski definition) is 0. The number of aromatic nitrogens is 4. The molecule has 6 rings (SSSR count). The number of nitrogens with zero attached hydrogens (tertiary/aromatic N) is 6. The van der Waals surface area contributed by atoms with E-state index in [1.807, 2.05) is 11.0 Å². The summed E-state index contributed by atoms with van der Waals surface area (Å²) in [6.07, 6.45) is 0.921. The maximum absolute atomic E-state index is 13.7. The first kappa shape index (κ1) is 26.9. The van der Waals surface area contributed by atoms with E-state index in [9.17, 15) is 14.4 Å². The van der Waals surface area contributed by atoms with E-state index in [-0.39, 0.29) is 24.2 Å². The Morgan fingerprint density at radius 2 is 1.88 bits per heavy atom. The maximum Gasteiger partial charge on any atom is 0.332 e. The highest BCUT2D eigenvalue weighted by Crippen LogP contribution is 2.45. The molecule has 0 saturated carbocycles. The number of carbonyl (C=O) groups excluding carboxylic acids is 1. The number of rotatable bonds is 5. The molecule has 4 aromatic rings. The van der Waals surface area contributed by atoms with Crippen LogP contribution in [0, 0.1) is 6.92 Å². The normalized spacial score (nSPS) is 18.8. The molecule has 1 amide bonds. The minimum absolute atomic E-state index is 0.0178. The van der Waals surface area contributed by atoms with Crippen LogP contribution in [-0.2, 0) is 25.4 Å². The lowest BCUT2D eigenvalue weighted by atomic mass is 9.89. The summed E-state index contributed by atoms with van der Waals surface area (Å²) in [5.74, 6) is 0.486. The quantitative estimate of drug-likeness (QED) is 0.338. The van der Waals surface area contributed by atoms with Gasteiger partial charge in [-0.1, -0.05) is 59.3 Å². The molecule has 0 radical (unpaired) electrons. The molecule has 2 aliphatic rings. The van der Waals surface area contributed by atoms with Crippen molar-refractivity contribution in [3.63, 3.8) is 0 Å². The summed E-state index contributed by atoms with van der Waals surface area (Å²) >= 11 is 7.59. The Morgan fingerprint density at radius 1 is 1.10 bits per heavy atom. The number of halogens is 1. The average molecular weight is 579 g/mol. The Labute approximate surface area is 241 Å². The van der Waals surface area contributed by atoms with Gasteiger partial charge in [0, 0.05) is 43.3 Å². The molecule has 9 nitrogen and oxygen atoms in total. The van der Waals surface area contributed by atoms with Gasteiger partial charge in [-0.05, 0) is 50.2 Å². The molecule has 2 aliphatic heterocycles. The second-order valence-corrected chi connectivity index (χ2v) is 12.1. The Kier molecular flexibility index (Phi) is 6.88. The molecule has 0 spiro atoms. The monoisotopic (exact) mass is 578 g/mol. The zero-order valence-corrected chi connectivity index (χ0v) is 24.5. The zero-order chi connectivity index (χ0) is 28.3. The lowest BCUT2D eigenvalue weighted by molar-refractivity contribution is -0.116. The van der Waals surface area contributed by atoms with Crippen molar-refractivity contribution >= 4 is 46.1 Å². The summed E-state index contributed by atoms with van der Waals surface area (Å²) in [6, 6.07) is 13.6. The van der Waals surface area contributed by atoms with Gasteiger partial charge >= 0.3 is 5.69 Å². The van der Waals surface area contributed by atoms with Gasteiger partial charge in [0.05, 0.1) is 12.3 Å². The molecule has 1 fully saturated rings. The second-order valence-electron chi connectivity index (χ2n) is 10.8. The van der Waals surface area contributed by atoms with E-state index in [0.29, 0.717) is 32.8 Å². The first-order valence-corrected chi connectivity index (χ1v) is 14.7. The number of carbonyl (C=O) groups is 1. The van der Waals surface area contributed by atoms with E-state index in [1.165, 1.54) is 32.0 Å². The van der Waals surface area contributed by atoms with E-state index < -0.39 is 11.2 Å². The fraction of sp³-hybridized carbons (Fsp3) is 0.379. The lowest BCUT2D eigenvalue weighted by Crippen LogP contribution is -2.47. The number of anilines is 1. The number of fused-ring (bicyclic) bond motifs is 4. The largest absolute Gasteiger partial charge is 0.332 e. The molecule has 2 atom stereocenters. The number of likely N-dealkylation sites (N-methyl/N-ethyl adjacent to an activating group) is 1. The fourth-order valence-electron chi connectivity index (χ4n) is 6.09. The van der Waals surface area contributed by atoms with Gasteiger partial charge < -0.3 is 14.4 Å². The van der Waals surface area contributed by atoms with Crippen molar-refractivity contribution in [2.45, 2.75) is 37.0 Å². The number of aryl methyl sites for hydroxylation is 3. The molecule has 2 aromatic heterocycles. The van der Waals surface area contributed by atoms with Crippen molar-refractivity contribution in [2.24, 2.45) is 14.1 Å². The number of thioether (sulfide) groups is 1. The second kappa shape index (κ2) is 10.2. The molecule has 2 aromatic carbocycles. The van der Waals surface area contributed by atoms with E-state index in [4.69, 9.17) is 11.6 Å². The first-order chi connectivity index (χ1) is 19.2. The predicted octanol–water partition coefficient (Wildman–Crippen LogP) is 3.37. The van der Waals surface area contributed by atoms with Crippen molar-refractivity contribution in [2.75, 3.05) is 30.8 Å². The molecule has 4 heterocycles. The molecule has 0 bridgehead atoms. The molecule has 11 heteroatoms. The van der Waals surface area contributed by atoms with Gasteiger partial charge in [0.15, 0.2) is 16.3 Å². The van der Waals surface area contributed by atoms with Crippen molar-refractivity contribution in [3.8, 4) is 0 Å². The van der Waals surface area contributed by atoms with Crippen LogP contribution in [0.1, 0.15) is 29.0 Å². The molecule has 0 unspecified atom stereocenters. The number of hydrogen-bond acceptors (Lipinski definition) is 6. The molecule has 0 N–H and O–H groups in total. The number of benzene rings is 2. The van der Waals surface area contributed by atoms with Crippen LogP contribution in [-0.4, -0.2) is 61.4 Å². The summed E-state index contributed by atoms with van der Waals surface area (Å²) in [5, 5.41) is 0.996. The highest BCUT2D eigenvalue weighted by molar-refractivity contribution is 7.99. The standard InChI is InChI=1S/C29H31ClN6O3S/c1-17-9-10-22-19(13-17)20-15-32(2)12-11-23(20)36(22)24(37)16-40-28-31-26-25(33(28)3)27(38)35(29(39)34(26)4)14-18-7-5-6-8-21(18)30/h5-10,13,20,23H,11-12,14-16H2,1-4H3/t20-,23-/m1/s1. The van der Waals surface area contributed by atoms with Gasteiger partial charge in [-0.2, -0.15) is 0 Å². The van der Waals surface area contributed by atoms with Gasteiger partial charge in [0.1, 0.15) is 0 Å². The van der Waals surface area contributed by atoms with E-state index in [2.05, 4.69) is 42.1 Å². The highest BCUT2D eigenvalue weighted by atomic mass is 35.5.